The first-order valence-electron chi connectivity index (χ1n) is 7.59. The van der Waals surface area contributed by atoms with E-state index >= 15 is 0 Å². The zero-order chi connectivity index (χ0) is 18.1. The van der Waals surface area contributed by atoms with Gasteiger partial charge in [0.05, 0.1) is 15.8 Å². The standard InChI is InChI=1S/C18H11F3N4S/c19-18(20,21)13-7-12(9-23-10-13)11-1-2-15-16(8-11)26-17(25-15)24-14-3-5-22-6-4-14/h1-10H,(H,22,24,25). The third-order valence-corrected chi connectivity index (χ3v) is 4.65. The summed E-state index contributed by atoms with van der Waals surface area (Å²) in [4.78, 5) is 12.2. The van der Waals surface area contributed by atoms with Crippen LogP contribution in [0.4, 0.5) is 24.0 Å². The van der Waals surface area contributed by atoms with E-state index in [1.807, 2.05) is 18.2 Å². The fraction of sp³-hybridized carbons (Fsp3) is 0.0556. The van der Waals surface area contributed by atoms with Crippen molar-refractivity contribution in [2.75, 3.05) is 5.32 Å². The van der Waals surface area contributed by atoms with Gasteiger partial charge in [-0.1, -0.05) is 17.4 Å². The largest absolute Gasteiger partial charge is 0.417 e. The second-order valence-corrected chi connectivity index (χ2v) is 6.55. The quantitative estimate of drug-likeness (QED) is 0.515. The summed E-state index contributed by atoms with van der Waals surface area (Å²) in [5.41, 5.74) is 1.95. The fourth-order valence-electron chi connectivity index (χ4n) is 2.47. The number of hydrogen-bond donors (Lipinski definition) is 1. The van der Waals surface area contributed by atoms with E-state index < -0.39 is 11.7 Å². The number of halogens is 3. The van der Waals surface area contributed by atoms with Crippen molar-refractivity contribution in [3.05, 3.63) is 66.7 Å². The van der Waals surface area contributed by atoms with Crippen LogP contribution in [-0.2, 0) is 6.18 Å². The number of rotatable bonds is 3. The Morgan fingerprint density at radius 1 is 0.885 bits per heavy atom. The summed E-state index contributed by atoms with van der Waals surface area (Å²) in [6.07, 6.45) is 1.18. The smallest absolute Gasteiger partial charge is 0.331 e. The maximum Gasteiger partial charge on any atom is 0.417 e. The lowest BCUT2D eigenvalue weighted by Crippen LogP contribution is -2.05. The molecule has 0 amide bonds. The summed E-state index contributed by atoms with van der Waals surface area (Å²) < 4.78 is 39.5. The fourth-order valence-corrected chi connectivity index (χ4v) is 3.39. The highest BCUT2D eigenvalue weighted by molar-refractivity contribution is 7.22. The zero-order valence-corrected chi connectivity index (χ0v) is 14.0. The molecule has 0 spiro atoms. The van der Waals surface area contributed by atoms with Gasteiger partial charge in [-0.15, -0.1) is 0 Å². The number of hydrogen-bond acceptors (Lipinski definition) is 5. The van der Waals surface area contributed by atoms with Crippen LogP contribution < -0.4 is 5.32 Å². The van der Waals surface area contributed by atoms with Crippen molar-refractivity contribution in [1.82, 2.24) is 15.0 Å². The molecular weight excluding hydrogens is 361 g/mol. The normalized spacial score (nSPS) is 11.7. The molecule has 0 saturated carbocycles. The lowest BCUT2D eigenvalue weighted by Gasteiger charge is -2.08. The van der Waals surface area contributed by atoms with Crippen molar-refractivity contribution in [2.45, 2.75) is 6.18 Å². The van der Waals surface area contributed by atoms with Crippen molar-refractivity contribution in [2.24, 2.45) is 0 Å². The first kappa shape index (κ1) is 16.5. The van der Waals surface area contributed by atoms with E-state index in [9.17, 15) is 13.2 Å². The monoisotopic (exact) mass is 372 g/mol. The van der Waals surface area contributed by atoms with Crippen LogP contribution >= 0.6 is 11.3 Å². The second-order valence-electron chi connectivity index (χ2n) is 5.52. The van der Waals surface area contributed by atoms with Crippen LogP contribution in [0.5, 0.6) is 0 Å². The van der Waals surface area contributed by atoms with E-state index in [1.54, 1.807) is 24.5 Å². The molecule has 0 aliphatic rings. The van der Waals surface area contributed by atoms with Gasteiger partial charge in [-0.05, 0) is 35.9 Å². The van der Waals surface area contributed by atoms with E-state index in [0.29, 0.717) is 16.3 Å². The number of nitrogens with zero attached hydrogens (tertiary/aromatic N) is 3. The Bertz CT molecular complexity index is 1060. The number of anilines is 2. The number of thiazole rings is 1. The molecule has 4 nitrogen and oxygen atoms in total. The third kappa shape index (κ3) is 3.36. The molecule has 1 aromatic carbocycles. The van der Waals surface area contributed by atoms with Crippen LogP contribution in [0, 0.1) is 0 Å². The Morgan fingerprint density at radius 2 is 1.69 bits per heavy atom. The predicted octanol–water partition coefficient (Wildman–Crippen LogP) is 5.52. The summed E-state index contributed by atoms with van der Waals surface area (Å²) in [5, 5.41) is 3.89. The molecule has 0 fully saturated rings. The molecule has 3 aromatic heterocycles. The van der Waals surface area contributed by atoms with Gasteiger partial charge in [0.15, 0.2) is 5.13 Å². The minimum atomic E-state index is -4.42. The molecule has 4 aromatic rings. The Hall–Kier alpha value is -3.00. The van der Waals surface area contributed by atoms with E-state index in [2.05, 4.69) is 20.3 Å². The molecule has 0 aliphatic heterocycles. The van der Waals surface area contributed by atoms with E-state index in [4.69, 9.17) is 0 Å². The molecule has 0 atom stereocenters. The minimum absolute atomic E-state index is 0.416. The molecule has 0 saturated heterocycles. The Kier molecular flexibility index (Phi) is 4.04. The second kappa shape index (κ2) is 6.38. The van der Waals surface area contributed by atoms with Gasteiger partial charge in [-0.2, -0.15) is 13.2 Å². The molecule has 4 rings (SSSR count). The summed E-state index contributed by atoms with van der Waals surface area (Å²) in [6.45, 7) is 0. The van der Waals surface area contributed by atoms with Gasteiger partial charge in [0.1, 0.15) is 0 Å². The van der Waals surface area contributed by atoms with Crippen molar-refractivity contribution in [1.29, 1.82) is 0 Å². The van der Waals surface area contributed by atoms with Gasteiger partial charge in [-0.3, -0.25) is 9.97 Å². The Morgan fingerprint density at radius 3 is 2.46 bits per heavy atom. The topological polar surface area (TPSA) is 50.7 Å². The van der Waals surface area contributed by atoms with Gasteiger partial charge in [0.2, 0.25) is 0 Å². The summed E-state index contributed by atoms with van der Waals surface area (Å²) in [5.74, 6) is 0. The molecule has 1 N–H and O–H groups in total. The number of aromatic nitrogens is 3. The first-order valence-corrected chi connectivity index (χ1v) is 8.41. The average Bonchev–Trinajstić information content (AvgIpc) is 3.03. The van der Waals surface area contributed by atoms with E-state index in [0.717, 1.165) is 28.2 Å². The van der Waals surface area contributed by atoms with Crippen LogP contribution in [0.25, 0.3) is 21.3 Å². The van der Waals surface area contributed by atoms with E-state index in [-0.39, 0.29) is 0 Å². The van der Waals surface area contributed by atoms with Crippen LogP contribution in [0.3, 0.4) is 0 Å². The van der Waals surface area contributed by atoms with Crippen molar-refractivity contribution in [3.63, 3.8) is 0 Å². The van der Waals surface area contributed by atoms with Crippen LogP contribution in [-0.4, -0.2) is 15.0 Å². The number of nitrogens with one attached hydrogen (secondary N) is 1. The number of benzene rings is 1. The van der Waals surface area contributed by atoms with Crippen LogP contribution in [0.15, 0.2) is 61.2 Å². The highest BCUT2D eigenvalue weighted by atomic mass is 32.1. The highest BCUT2D eigenvalue weighted by Crippen LogP contribution is 2.34. The summed E-state index contributed by atoms with van der Waals surface area (Å²) in [7, 11) is 0. The Labute approximate surface area is 150 Å². The number of pyridine rings is 2. The van der Waals surface area contributed by atoms with Crippen molar-refractivity contribution < 1.29 is 13.2 Å². The van der Waals surface area contributed by atoms with Crippen LogP contribution in [0.2, 0.25) is 0 Å². The number of fused-ring (bicyclic) bond motifs is 1. The molecule has 0 aliphatic carbocycles. The zero-order valence-electron chi connectivity index (χ0n) is 13.2. The molecular formula is C18H11F3N4S. The van der Waals surface area contributed by atoms with Gasteiger partial charge in [-0.25, -0.2) is 4.98 Å². The molecule has 0 unspecified atom stereocenters. The van der Waals surface area contributed by atoms with Gasteiger partial charge in [0.25, 0.3) is 0 Å². The lowest BCUT2D eigenvalue weighted by molar-refractivity contribution is -0.137. The SMILES string of the molecule is FC(F)(F)c1cncc(-c2ccc3nc(Nc4ccncc4)sc3c2)c1. The summed E-state index contributed by atoms with van der Waals surface area (Å²) >= 11 is 1.43. The molecule has 26 heavy (non-hydrogen) atoms. The van der Waals surface area contributed by atoms with Gasteiger partial charge in [0, 0.05) is 36.0 Å². The van der Waals surface area contributed by atoms with E-state index in [1.165, 1.54) is 17.5 Å². The molecule has 0 bridgehead atoms. The average molecular weight is 372 g/mol. The molecule has 8 heteroatoms. The lowest BCUT2D eigenvalue weighted by atomic mass is 10.1. The molecule has 3 heterocycles. The molecule has 0 radical (unpaired) electrons. The first-order chi connectivity index (χ1) is 12.5. The third-order valence-electron chi connectivity index (χ3n) is 3.72. The minimum Gasteiger partial charge on any atom is -0.331 e. The van der Waals surface area contributed by atoms with Gasteiger partial charge < -0.3 is 5.32 Å². The van der Waals surface area contributed by atoms with Crippen molar-refractivity contribution >= 4 is 32.4 Å². The van der Waals surface area contributed by atoms with Crippen molar-refractivity contribution in [3.8, 4) is 11.1 Å². The highest BCUT2D eigenvalue weighted by Gasteiger charge is 2.31. The maximum atomic E-state index is 12.9. The number of alkyl halides is 3. The molecule has 130 valence electrons. The predicted molar refractivity (Wildman–Crippen MR) is 95.4 cm³/mol. The summed E-state index contributed by atoms with van der Waals surface area (Å²) in [6, 6.07) is 10.1. The van der Waals surface area contributed by atoms with Gasteiger partial charge >= 0.3 is 6.18 Å². The van der Waals surface area contributed by atoms with Crippen LogP contribution in [0.1, 0.15) is 5.56 Å². The Balaban J connectivity index is 1.68. The maximum absolute atomic E-state index is 12.9.